The van der Waals surface area contributed by atoms with Gasteiger partial charge in [-0.05, 0) is 22.3 Å². The minimum Gasteiger partial charge on any atom is -0.428 e. The van der Waals surface area contributed by atoms with E-state index in [4.69, 9.17) is 4.74 Å². The Morgan fingerprint density at radius 3 is 1.87 bits per heavy atom. The van der Waals surface area contributed by atoms with E-state index >= 15 is 0 Å². The summed E-state index contributed by atoms with van der Waals surface area (Å²) in [6, 6.07) is 23.2. The Balaban J connectivity index is 1.99. The zero-order valence-corrected chi connectivity index (χ0v) is 12.3. The topological polar surface area (TPSA) is 46.5 Å². The van der Waals surface area contributed by atoms with E-state index in [-0.39, 0.29) is 0 Å². The number of cyclic esters (lactones) is 1. The Labute approximate surface area is 133 Å². The molecular formula is C20H14O3. The Morgan fingerprint density at radius 2 is 1.26 bits per heavy atom. The van der Waals surface area contributed by atoms with E-state index in [0.717, 1.165) is 22.3 Å². The molecular weight excluding hydrogens is 288 g/mol. The molecule has 23 heavy (non-hydrogen) atoms. The van der Waals surface area contributed by atoms with Crippen LogP contribution in [0, 0.1) is 0 Å². The molecule has 1 heterocycles. The molecule has 0 spiro atoms. The van der Waals surface area contributed by atoms with E-state index in [1.54, 1.807) is 0 Å². The molecule has 4 rings (SSSR count). The number of hydrogen-bond donors (Lipinski definition) is 1. The predicted molar refractivity (Wildman–Crippen MR) is 87.7 cm³/mol. The Hall–Kier alpha value is -2.91. The highest BCUT2D eigenvalue weighted by molar-refractivity contribution is 6.03. The Kier molecular flexibility index (Phi) is 3.21. The predicted octanol–water partition coefficient (Wildman–Crippen LogP) is 4.18. The highest BCUT2D eigenvalue weighted by Gasteiger charge is 2.35. The van der Waals surface area contributed by atoms with Crippen LogP contribution in [-0.4, -0.2) is 11.1 Å². The SMILES string of the molecule is O=C1OC(O)c2c(-c3ccccc3)ccc(-c3ccccc3)c21. The molecule has 0 bridgehead atoms. The molecule has 0 saturated heterocycles. The molecule has 0 amide bonds. The number of ether oxygens (including phenoxy) is 1. The lowest BCUT2D eigenvalue weighted by atomic mass is 9.90. The number of benzene rings is 3. The second-order valence-electron chi connectivity index (χ2n) is 5.44. The van der Waals surface area contributed by atoms with Gasteiger partial charge in [0.1, 0.15) is 0 Å². The zero-order valence-electron chi connectivity index (χ0n) is 12.3. The first kappa shape index (κ1) is 13.7. The van der Waals surface area contributed by atoms with Crippen LogP contribution in [0.5, 0.6) is 0 Å². The van der Waals surface area contributed by atoms with E-state index in [2.05, 4.69) is 0 Å². The first-order chi connectivity index (χ1) is 11.3. The molecule has 0 fully saturated rings. The van der Waals surface area contributed by atoms with E-state index in [9.17, 15) is 9.90 Å². The van der Waals surface area contributed by atoms with Gasteiger partial charge in [0, 0.05) is 5.56 Å². The third-order valence-corrected chi connectivity index (χ3v) is 4.08. The minimum absolute atomic E-state index is 0.449. The highest BCUT2D eigenvalue weighted by atomic mass is 16.6. The summed E-state index contributed by atoms with van der Waals surface area (Å²) in [6.07, 6.45) is -1.23. The van der Waals surface area contributed by atoms with Crippen LogP contribution in [0.4, 0.5) is 0 Å². The fraction of sp³-hybridized carbons (Fsp3) is 0.0500. The third-order valence-electron chi connectivity index (χ3n) is 4.08. The van der Waals surface area contributed by atoms with Gasteiger partial charge in [0.05, 0.1) is 5.56 Å². The van der Waals surface area contributed by atoms with Gasteiger partial charge in [0.25, 0.3) is 0 Å². The van der Waals surface area contributed by atoms with Crippen molar-refractivity contribution in [2.45, 2.75) is 6.29 Å². The summed E-state index contributed by atoms with van der Waals surface area (Å²) in [5.41, 5.74) is 4.46. The van der Waals surface area contributed by atoms with E-state index < -0.39 is 12.3 Å². The smallest absolute Gasteiger partial charge is 0.341 e. The van der Waals surface area contributed by atoms with Crippen molar-refractivity contribution in [2.24, 2.45) is 0 Å². The van der Waals surface area contributed by atoms with Crippen molar-refractivity contribution < 1.29 is 14.6 Å². The van der Waals surface area contributed by atoms with Crippen LogP contribution in [0.3, 0.4) is 0 Å². The van der Waals surface area contributed by atoms with Crippen LogP contribution >= 0.6 is 0 Å². The number of aliphatic hydroxyl groups excluding tert-OH is 1. The van der Waals surface area contributed by atoms with Crippen molar-refractivity contribution in [1.82, 2.24) is 0 Å². The molecule has 0 saturated carbocycles. The van der Waals surface area contributed by atoms with Crippen molar-refractivity contribution >= 4 is 5.97 Å². The Morgan fingerprint density at radius 1 is 0.739 bits per heavy atom. The number of aliphatic hydroxyl groups is 1. The largest absolute Gasteiger partial charge is 0.428 e. The molecule has 1 unspecified atom stereocenters. The van der Waals surface area contributed by atoms with E-state index in [1.807, 2.05) is 72.8 Å². The molecule has 3 aromatic carbocycles. The molecule has 112 valence electrons. The number of hydrogen-bond acceptors (Lipinski definition) is 3. The molecule has 3 heteroatoms. The van der Waals surface area contributed by atoms with Gasteiger partial charge in [-0.1, -0.05) is 72.8 Å². The lowest BCUT2D eigenvalue weighted by Crippen LogP contribution is -1.98. The van der Waals surface area contributed by atoms with Crippen molar-refractivity contribution in [3.8, 4) is 22.3 Å². The number of rotatable bonds is 2. The fourth-order valence-electron chi connectivity index (χ4n) is 3.04. The van der Waals surface area contributed by atoms with Gasteiger partial charge < -0.3 is 9.84 Å². The van der Waals surface area contributed by atoms with Gasteiger partial charge in [-0.2, -0.15) is 0 Å². The molecule has 1 atom stereocenters. The molecule has 0 radical (unpaired) electrons. The number of carbonyl (C=O) groups excluding carboxylic acids is 1. The molecule has 3 aromatic rings. The summed E-state index contributed by atoms with van der Waals surface area (Å²) in [5.74, 6) is -0.482. The van der Waals surface area contributed by atoms with E-state index in [1.165, 1.54) is 0 Å². The average molecular weight is 302 g/mol. The maximum atomic E-state index is 12.3. The zero-order chi connectivity index (χ0) is 15.8. The normalized spacial score (nSPS) is 16.0. The maximum absolute atomic E-state index is 12.3. The van der Waals surface area contributed by atoms with Crippen LogP contribution < -0.4 is 0 Å². The van der Waals surface area contributed by atoms with Crippen LogP contribution in [0.2, 0.25) is 0 Å². The van der Waals surface area contributed by atoms with Crippen molar-refractivity contribution in [1.29, 1.82) is 0 Å². The summed E-state index contributed by atoms with van der Waals surface area (Å²) >= 11 is 0. The van der Waals surface area contributed by atoms with E-state index in [0.29, 0.717) is 11.1 Å². The number of carbonyl (C=O) groups is 1. The van der Waals surface area contributed by atoms with Gasteiger partial charge in [0.15, 0.2) is 0 Å². The van der Waals surface area contributed by atoms with Crippen LogP contribution in [0.25, 0.3) is 22.3 Å². The lowest BCUT2D eigenvalue weighted by molar-refractivity contribution is -0.0544. The van der Waals surface area contributed by atoms with Gasteiger partial charge in [-0.25, -0.2) is 4.79 Å². The molecule has 0 aromatic heterocycles. The number of esters is 1. The summed E-state index contributed by atoms with van der Waals surface area (Å²) in [6.45, 7) is 0. The summed E-state index contributed by atoms with van der Waals surface area (Å²) in [5, 5.41) is 10.2. The first-order valence-electron chi connectivity index (χ1n) is 7.42. The van der Waals surface area contributed by atoms with Gasteiger partial charge in [0.2, 0.25) is 6.29 Å². The van der Waals surface area contributed by atoms with Crippen LogP contribution in [0.1, 0.15) is 22.2 Å². The molecule has 0 aliphatic carbocycles. The summed E-state index contributed by atoms with van der Waals surface area (Å²) in [4.78, 5) is 12.3. The second-order valence-corrected chi connectivity index (χ2v) is 5.44. The standard InChI is InChI=1S/C20H14O3/c21-19-17-15(13-7-3-1-4-8-13)11-12-16(18(17)20(22)23-19)14-9-5-2-6-10-14/h1-12,19,21H. The summed E-state index contributed by atoms with van der Waals surface area (Å²) in [7, 11) is 0. The highest BCUT2D eigenvalue weighted by Crippen LogP contribution is 2.41. The minimum atomic E-state index is -1.23. The average Bonchev–Trinajstić information content (AvgIpc) is 2.91. The van der Waals surface area contributed by atoms with Gasteiger partial charge >= 0.3 is 5.97 Å². The lowest BCUT2D eigenvalue weighted by Gasteiger charge is -2.12. The summed E-state index contributed by atoms with van der Waals surface area (Å²) < 4.78 is 5.07. The molecule has 1 aliphatic rings. The first-order valence-corrected chi connectivity index (χ1v) is 7.42. The molecule has 3 nitrogen and oxygen atoms in total. The quantitative estimate of drug-likeness (QED) is 0.722. The van der Waals surface area contributed by atoms with Gasteiger partial charge in [-0.3, -0.25) is 0 Å². The van der Waals surface area contributed by atoms with Crippen molar-refractivity contribution in [3.05, 3.63) is 83.9 Å². The second kappa shape index (κ2) is 5.38. The van der Waals surface area contributed by atoms with Crippen LogP contribution in [0.15, 0.2) is 72.8 Å². The fourth-order valence-corrected chi connectivity index (χ4v) is 3.04. The van der Waals surface area contributed by atoms with Crippen molar-refractivity contribution in [3.63, 3.8) is 0 Å². The van der Waals surface area contributed by atoms with Crippen LogP contribution in [-0.2, 0) is 4.74 Å². The van der Waals surface area contributed by atoms with Crippen molar-refractivity contribution in [2.75, 3.05) is 0 Å². The number of fused-ring (bicyclic) bond motifs is 1. The monoisotopic (exact) mass is 302 g/mol. The third kappa shape index (κ3) is 2.22. The maximum Gasteiger partial charge on any atom is 0.341 e. The molecule has 1 aliphatic heterocycles. The Bertz CT molecular complexity index is 870. The van der Waals surface area contributed by atoms with Gasteiger partial charge in [-0.15, -0.1) is 0 Å². The molecule has 1 N–H and O–H groups in total.